The molecule has 0 amide bonds. The molecule has 0 aliphatic heterocycles. The topological polar surface area (TPSA) is 44.1 Å². The molecular weight excluding hydrogens is 260 g/mol. The molecule has 0 unspecified atom stereocenters. The summed E-state index contributed by atoms with van der Waals surface area (Å²) in [6.07, 6.45) is 1.48. The van der Waals surface area contributed by atoms with Crippen molar-refractivity contribution < 1.29 is 9.53 Å². The van der Waals surface area contributed by atoms with Crippen LogP contribution in [0.15, 0.2) is 23.0 Å². The summed E-state index contributed by atoms with van der Waals surface area (Å²) >= 11 is 7.47. The third-order valence-corrected chi connectivity index (χ3v) is 3.26. The molecule has 0 fully saturated rings. The molecule has 0 radical (unpaired) electrons. The molecule has 2 heterocycles. The smallest absolute Gasteiger partial charge is 0.213 e. The van der Waals surface area contributed by atoms with E-state index in [0.717, 1.165) is 0 Å². The van der Waals surface area contributed by atoms with Crippen molar-refractivity contribution in [2.24, 2.45) is 0 Å². The molecule has 0 atom stereocenters. The van der Waals surface area contributed by atoms with Gasteiger partial charge < -0.3 is 4.74 Å². The zero-order chi connectivity index (χ0) is 12.3. The summed E-state index contributed by atoms with van der Waals surface area (Å²) < 4.78 is 6.54. The number of methoxy groups -OCH3 is 1. The van der Waals surface area contributed by atoms with E-state index in [1.54, 1.807) is 23.2 Å². The van der Waals surface area contributed by atoms with Crippen LogP contribution in [-0.2, 0) is 11.3 Å². The van der Waals surface area contributed by atoms with Gasteiger partial charge in [-0.1, -0.05) is 11.6 Å². The van der Waals surface area contributed by atoms with E-state index in [0.29, 0.717) is 29.4 Å². The highest BCUT2D eigenvalue weighted by Gasteiger charge is 2.19. The molecule has 2 aromatic heterocycles. The number of carbonyl (C=O) groups is 1. The van der Waals surface area contributed by atoms with E-state index in [1.165, 1.54) is 17.5 Å². The van der Waals surface area contributed by atoms with Gasteiger partial charge in [0.2, 0.25) is 5.78 Å². The lowest BCUT2D eigenvalue weighted by Crippen LogP contribution is -2.14. The van der Waals surface area contributed by atoms with Gasteiger partial charge in [-0.05, 0) is 11.4 Å². The van der Waals surface area contributed by atoms with E-state index >= 15 is 0 Å². The van der Waals surface area contributed by atoms with Crippen molar-refractivity contribution in [3.05, 3.63) is 39.3 Å². The van der Waals surface area contributed by atoms with Crippen LogP contribution in [0.1, 0.15) is 16.1 Å². The lowest BCUT2D eigenvalue weighted by molar-refractivity contribution is 0.102. The van der Waals surface area contributed by atoms with Gasteiger partial charge in [-0.2, -0.15) is 16.4 Å². The molecule has 2 aromatic rings. The van der Waals surface area contributed by atoms with Crippen LogP contribution in [0.3, 0.4) is 0 Å². The molecule has 0 aliphatic rings. The first-order valence-corrected chi connectivity index (χ1v) is 6.33. The maximum absolute atomic E-state index is 12.2. The molecule has 2 rings (SSSR count). The monoisotopic (exact) mass is 270 g/mol. The van der Waals surface area contributed by atoms with Gasteiger partial charge in [0.1, 0.15) is 5.69 Å². The summed E-state index contributed by atoms with van der Waals surface area (Å²) in [6.45, 7) is 0.996. The highest BCUT2D eigenvalue weighted by molar-refractivity contribution is 7.08. The minimum absolute atomic E-state index is 0.107. The van der Waals surface area contributed by atoms with Crippen molar-refractivity contribution >= 4 is 28.7 Å². The van der Waals surface area contributed by atoms with Crippen LogP contribution in [0.25, 0.3) is 0 Å². The summed E-state index contributed by atoms with van der Waals surface area (Å²) in [6, 6.07) is 1.77. The van der Waals surface area contributed by atoms with Crippen LogP contribution >= 0.6 is 22.9 Å². The summed E-state index contributed by atoms with van der Waals surface area (Å²) in [5, 5.41) is 8.10. The maximum Gasteiger partial charge on any atom is 0.213 e. The fraction of sp³-hybridized carbons (Fsp3) is 0.273. The first kappa shape index (κ1) is 12.3. The van der Waals surface area contributed by atoms with Gasteiger partial charge in [0, 0.05) is 18.1 Å². The summed E-state index contributed by atoms with van der Waals surface area (Å²) in [4.78, 5) is 12.2. The molecule has 0 bridgehead atoms. The van der Waals surface area contributed by atoms with E-state index in [9.17, 15) is 4.79 Å². The Balaban J connectivity index is 2.31. The van der Waals surface area contributed by atoms with Gasteiger partial charge in [0.15, 0.2) is 0 Å². The minimum Gasteiger partial charge on any atom is -0.383 e. The van der Waals surface area contributed by atoms with Gasteiger partial charge in [0.25, 0.3) is 0 Å². The van der Waals surface area contributed by atoms with E-state index in [2.05, 4.69) is 5.10 Å². The van der Waals surface area contributed by atoms with Crippen molar-refractivity contribution in [2.75, 3.05) is 13.7 Å². The maximum atomic E-state index is 12.2. The van der Waals surface area contributed by atoms with Crippen LogP contribution in [0, 0.1) is 0 Å². The van der Waals surface area contributed by atoms with E-state index in [-0.39, 0.29) is 5.78 Å². The zero-order valence-corrected chi connectivity index (χ0v) is 10.8. The predicted molar refractivity (Wildman–Crippen MR) is 66.9 cm³/mol. The molecular formula is C11H11ClN2O2S. The second-order valence-corrected chi connectivity index (χ2v) is 4.59. The fourth-order valence-electron chi connectivity index (χ4n) is 1.47. The van der Waals surface area contributed by atoms with Crippen LogP contribution < -0.4 is 0 Å². The highest BCUT2D eigenvalue weighted by Crippen LogP contribution is 2.20. The molecule has 6 heteroatoms. The lowest BCUT2D eigenvalue weighted by atomic mass is 10.1. The Morgan fingerprint density at radius 3 is 3.12 bits per heavy atom. The average molecular weight is 271 g/mol. The van der Waals surface area contributed by atoms with Crippen molar-refractivity contribution in [1.29, 1.82) is 0 Å². The lowest BCUT2D eigenvalue weighted by Gasteiger charge is -2.05. The van der Waals surface area contributed by atoms with E-state index < -0.39 is 0 Å². The number of rotatable bonds is 5. The van der Waals surface area contributed by atoms with Crippen LogP contribution in [-0.4, -0.2) is 29.3 Å². The van der Waals surface area contributed by atoms with Crippen LogP contribution in [0.2, 0.25) is 5.02 Å². The third kappa shape index (κ3) is 2.57. The molecule has 0 saturated heterocycles. The van der Waals surface area contributed by atoms with Crippen LogP contribution in [0.4, 0.5) is 0 Å². The Hall–Kier alpha value is -1.17. The van der Waals surface area contributed by atoms with E-state index in [4.69, 9.17) is 16.3 Å². The first-order valence-electron chi connectivity index (χ1n) is 5.01. The number of halogens is 1. The Labute approximate surface area is 108 Å². The summed E-state index contributed by atoms with van der Waals surface area (Å²) in [5.74, 6) is -0.107. The second kappa shape index (κ2) is 5.44. The third-order valence-electron chi connectivity index (χ3n) is 2.30. The van der Waals surface area contributed by atoms with Gasteiger partial charge >= 0.3 is 0 Å². The SMILES string of the molecule is COCCn1ncc(Cl)c1C(=O)c1ccsc1. The number of ether oxygens (including phenoxy) is 1. The van der Waals surface area contributed by atoms with Gasteiger partial charge in [0.05, 0.1) is 24.4 Å². The average Bonchev–Trinajstić information content (AvgIpc) is 2.95. The quantitative estimate of drug-likeness (QED) is 0.784. The summed E-state index contributed by atoms with van der Waals surface area (Å²) in [7, 11) is 1.60. The number of aromatic nitrogens is 2. The number of ketones is 1. The number of carbonyl (C=O) groups excluding carboxylic acids is 1. The molecule has 0 N–H and O–H groups in total. The Morgan fingerprint density at radius 2 is 2.47 bits per heavy atom. The molecule has 0 saturated carbocycles. The molecule has 0 aliphatic carbocycles. The van der Waals surface area contributed by atoms with Gasteiger partial charge in [-0.15, -0.1) is 0 Å². The van der Waals surface area contributed by atoms with Crippen molar-refractivity contribution in [1.82, 2.24) is 9.78 Å². The number of hydrogen-bond acceptors (Lipinski definition) is 4. The largest absolute Gasteiger partial charge is 0.383 e. The normalized spacial score (nSPS) is 10.7. The minimum atomic E-state index is -0.107. The fourth-order valence-corrected chi connectivity index (χ4v) is 2.33. The summed E-state index contributed by atoms with van der Waals surface area (Å²) in [5.41, 5.74) is 1.05. The number of thiophene rings is 1. The molecule has 90 valence electrons. The molecule has 0 aromatic carbocycles. The molecule has 0 spiro atoms. The van der Waals surface area contributed by atoms with Gasteiger partial charge in [-0.25, -0.2) is 0 Å². The molecule has 17 heavy (non-hydrogen) atoms. The van der Waals surface area contributed by atoms with Crippen molar-refractivity contribution in [3.8, 4) is 0 Å². The predicted octanol–water partition coefficient (Wildman–Crippen LogP) is 2.48. The highest BCUT2D eigenvalue weighted by atomic mass is 35.5. The Bertz CT molecular complexity index is 508. The molecule has 4 nitrogen and oxygen atoms in total. The number of hydrogen-bond donors (Lipinski definition) is 0. The number of nitrogens with zero attached hydrogens (tertiary/aromatic N) is 2. The first-order chi connectivity index (χ1) is 8.24. The Morgan fingerprint density at radius 1 is 1.65 bits per heavy atom. The van der Waals surface area contributed by atoms with Gasteiger partial charge in [-0.3, -0.25) is 9.48 Å². The second-order valence-electron chi connectivity index (χ2n) is 3.40. The van der Waals surface area contributed by atoms with Crippen LogP contribution in [0.5, 0.6) is 0 Å². The van der Waals surface area contributed by atoms with E-state index in [1.807, 2.05) is 5.38 Å². The van der Waals surface area contributed by atoms with Crippen molar-refractivity contribution in [3.63, 3.8) is 0 Å². The standard InChI is InChI=1S/C11H11ClN2O2S/c1-16-4-3-14-10(9(12)6-13-14)11(15)8-2-5-17-7-8/h2,5-7H,3-4H2,1H3. The zero-order valence-electron chi connectivity index (χ0n) is 9.22. The van der Waals surface area contributed by atoms with Crippen molar-refractivity contribution in [2.45, 2.75) is 6.54 Å². The Kier molecular flexibility index (Phi) is 3.93.